The molecule has 0 unspecified atom stereocenters. The highest BCUT2D eigenvalue weighted by molar-refractivity contribution is 7.89. The van der Waals surface area contributed by atoms with Gasteiger partial charge < -0.3 is 10.1 Å². The van der Waals surface area contributed by atoms with E-state index >= 15 is 0 Å². The van der Waals surface area contributed by atoms with Crippen LogP contribution in [0.15, 0.2) is 53.4 Å². The third-order valence-electron chi connectivity index (χ3n) is 3.12. The highest BCUT2D eigenvalue weighted by Crippen LogP contribution is 2.20. The Bertz CT molecular complexity index is 824. The van der Waals surface area contributed by atoms with E-state index in [4.69, 9.17) is 16.3 Å². The molecule has 0 atom stereocenters. The van der Waals surface area contributed by atoms with Gasteiger partial charge in [0, 0.05) is 24.7 Å². The van der Waals surface area contributed by atoms with Gasteiger partial charge in [0.25, 0.3) is 0 Å². The fourth-order valence-electron chi connectivity index (χ4n) is 1.96. The molecule has 2 aromatic carbocycles. The average molecular weight is 369 g/mol. The summed E-state index contributed by atoms with van der Waals surface area (Å²) in [6, 6.07) is 13.0. The standard InChI is InChI=1S/C16H17ClN2O4S/c1-23-13-6-4-5-12(11-13)19-16(20)9-10-18-24(21,22)15-8-3-2-7-14(15)17/h2-8,11,18H,9-10H2,1H3,(H,19,20). The van der Waals surface area contributed by atoms with E-state index in [1.807, 2.05) is 0 Å². The van der Waals surface area contributed by atoms with E-state index in [0.717, 1.165) is 0 Å². The highest BCUT2D eigenvalue weighted by atomic mass is 35.5. The van der Waals surface area contributed by atoms with Crippen molar-refractivity contribution in [2.45, 2.75) is 11.3 Å². The van der Waals surface area contributed by atoms with Gasteiger partial charge in [-0.25, -0.2) is 13.1 Å². The summed E-state index contributed by atoms with van der Waals surface area (Å²) in [5.74, 6) is 0.303. The number of ether oxygens (including phenoxy) is 1. The molecule has 2 aromatic rings. The van der Waals surface area contributed by atoms with E-state index in [9.17, 15) is 13.2 Å². The summed E-state index contributed by atoms with van der Waals surface area (Å²) >= 11 is 5.88. The number of sulfonamides is 1. The monoisotopic (exact) mass is 368 g/mol. The molecule has 0 saturated carbocycles. The predicted octanol–water partition coefficient (Wildman–Crippen LogP) is 2.66. The molecular weight excluding hydrogens is 352 g/mol. The molecule has 0 spiro atoms. The average Bonchev–Trinajstić information content (AvgIpc) is 2.55. The minimum atomic E-state index is -3.75. The number of halogens is 1. The van der Waals surface area contributed by atoms with Crippen LogP contribution in [0.4, 0.5) is 5.69 Å². The van der Waals surface area contributed by atoms with E-state index in [-0.39, 0.29) is 28.8 Å². The van der Waals surface area contributed by atoms with Gasteiger partial charge in [-0.3, -0.25) is 4.79 Å². The molecule has 0 aliphatic heterocycles. The minimum Gasteiger partial charge on any atom is -0.497 e. The lowest BCUT2D eigenvalue weighted by Crippen LogP contribution is -2.28. The number of methoxy groups -OCH3 is 1. The van der Waals surface area contributed by atoms with Gasteiger partial charge in [-0.15, -0.1) is 0 Å². The van der Waals surface area contributed by atoms with E-state index < -0.39 is 10.0 Å². The Morgan fingerprint density at radius 2 is 1.92 bits per heavy atom. The Morgan fingerprint density at radius 3 is 2.62 bits per heavy atom. The van der Waals surface area contributed by atoms with Gasteiger partial charge in [-0.1, -0.05) is 29.8 Å². The van der Waals surface area contributed by atoms with Gasteiger partial charge in [0.1, 0.15) is 10.6 Å². The van der Waals surface area contributed by atoms with Crippen molar-refractivity contribution in [2.24, 2.45) is 0 Å². The van der Waals surface area contributed by atoms with Gasteiger partial charge in [0.15, 0.2) is 0 Å². The smallest absolute Gasteiger partial charge is 0.242 e. The van der Waals surface area contributed by atoms with Gasteiger partial charge >= 0.3 is 0 Å². The molecule has 0 saturated heterocycles. The van der Waals surface area contributed by atoms with Crippen LogP contribution in [0.3, 0.4) is 0 Å². The van der Waals surface area contributed by atoms with Gasteiger partial charge in [0.2, 0.25) is 15.9 Å². The quantitative estimate of drug-likeness (QED) is 0.786. The van der Waals surface area contributed by atoms with Crippen molar-refractivity contribution in [2.75, 3.05) is 19.0 Å². The van der Waals surface area contributed by atoms with Crippen molar-refractivity contribution in [3.63, 3.8) is 0 Å². The van der Waals surface area contributed by atoms with E-state index in [1.54, 1.807) is 36.4 Å². The maximum atomic E-state index is 12.1. The zero-order valence-electron chi connectivity index (χ0n) is 13.0. The maximum absolute atomic E-state index is 12.1. The van der Waals surface area contributed by atoms with E-state index in [1.165, 1.54) is 19.2 Å². The zero-order chi connectivity index (χ0) is 17.6. The summed E-state index contributed by atoms with van der Waals surface area (Å²) in [5.41, 5.74) is 0.577. The SMILES string of the molecule is COc1cccc(NC(=O)CCNS(=O)(=O)c2ccccc2Cl)c1. The van der Waals surface area contributed by atoms with Crippen LogP contribution < -0.4 is 14.8 Å². The summed E-state index contributed by atoms with van der Waals surface area (Å²) in [6.45, 7) is -0.0383. The molecule has 0 aromatic heterocycles. The highest BCUT2D eigenvalue weighted by Gasteiger charge is 2.17. The largest absolute Gasteiger partial charge is 0.497 e. The van der Waals surface area contributed by atoms with Crippen molar-refractivity contribution < 1.29 is 17.9 Å². The second kappa shape index (κ2) is 8.14. The van der Waals surface area contributed by atoms with Crippen molar-refractivity contribution in [3.8, 4) is 5.75 Å². The Hall–Kier alpha value is -2.09. The van der Waals surface area contributed by atoms with Crippen LogP contribution in [0.2, 0.25) is 5.02 Å². The van der Waals surface area contributed by atoms with Crippen LogP contribution in [0.25, 0.3) is 0 Å². The molecule has 0 bridgehead atoms. The topological polar surface area (TPSA) is 84.5 Å². The molecule has 0 heterocycles. The molecular formula is C16H17ClN2O4S. The Labute approximate surface area is 145 Å². The number of amides is 1. The first kappa shape index (κ1) is 18.3. The number of hydrogen-bond acceptors (Lipinski definition) is 4. The number of anilines is 1. The second-order valence-corrected chi connectivity index (χ2v) is 7.00. The minimum absolute atomic E-state index is 0.0130. The van der Waals surface area contributed by atoms with Gasteiger partial charge in [-0.05, 0) is 24.3 Å². The maximum Gasteiger partial charge on any atom is 0.242 e. The number of benzene rings is 2. The first-order valence-electron chi connectivity index (χ1n) is 7.10. The van der Waals surface area contributed by atoms with Crippen LogP contribution in [0.1, 0.15) is 6.42 Å². The molecule has 8 heteroatoms. The molecule has 2 N–H and O–H groups in total. The second-order valence-electron chi connectivity index (χ2n) is 4.86. The lowest BCUT2D eigenvalue weighted by molar-refractivity contribution is -0.116. The summed E-state index contributed by atoms with van der Waals surface area (Å²) in [7, 11) is -2.22. The number of hydrogen-bond donors (Lipinski definition) is 2. The molecule has 128 valence electrons. The first-order valence-corrected chi connectivity index (χ1v) is 8.96. The third kappa shape index (κ3) is 4.95. The fourth-order valence-corrected chi connectivity index (χ4v) is 3.51. The van der Waals surface area contributed by atoms with Crippen molar-refractivity contribution in [1.29, 1.82) is 0 Å². The lowest BCUT2D eigenvalue weighted by atomic mass is 10.3. The van der Waals surface area contributed by atoms with Gasteiger partial charge in [0.05, 0.1) is 12.1 Å². The fraction of sp³-hybridized carbons (Fsp3) is 0.188. The summed E-state index contributed by atoms with van der Waals surface area (Å²) in [6.07, 6.45) is -0.0130. The van der Waals surface area contributed by atoms with E-state index in [2.05, 4.69) is 10.0 Å². The van der Waals surface area contributed by atoms with Gasteiger partial charge in [-0.2, -0.15) is 0 Å². The lowest BCUT2D eigenvalue weighted by Gasteiger charge is -2.09. The van der Waals surface area contributed by atoms with Crippen LogP contribution in [-0.4, -0.2) is 28.0 Å². The van der Waals surface area contributed by atoms with Crippen LogP contribution in [-0.2, 0) is 14.8 Å². The predicted molar refractivity (Wildman–Crippen MR) is 92.9 cm³/mol. The third-order valence-corrected chi connectivity index (χ3v) is 5.08. The normalized spacial score (nSPS) is 11.1. The summed E-state index contributed by atoms with van der Waals surface area (Å²) in [4.78, 5) is 11.9. The Kier molecular flexibility index (Phi) is 6.19. The van der Waals surface area contributed by atoms with Crippen molar-refractivity contribution >= 4 is 33.2 Å². The zero-order valence-corrected chi connectivity index (χ0v) is 14.5. The molecule has 2 rings (SSSR count). The molecule has 24 heavy (non-hydrogen) atoms. The van der Waals surface area contributed by atoms with Crippen molar-refractivity contribution in [3.05, 3.63) is 53.6 Å². The summed E-state index contributed by atoms with van der Waals surface area (Å²) in [5, 5.41) is 2.80. The molecule has 1 amide bonds. The number of carbonyl (C=O) groups is 1. The van der Waals surface area contributed by atoms with Crippen LogP contribution in [0.5, 0.6) is 5.75 Å². The Morgan fingerprint density at radius 1 is 1.17 bits per heavy atom. The van der Waals surface area contributed by atoms with Crippen molar-refractivity contribution in [1.82, 2.24) is 4.72 Å². The first-order chi connectivity index (χ1) is 11.4. The summed E-state index contributed by atoms with van der Waals surface area (Å²) < 4.78 is 31.7. The Balaban J connectivity index is 1.89. The number of rotatable bonds is 7. The number of carbonyl (C=O) groups excluding carboxylic acids is 1. The molecule has 0 aliphatic rings. The number of nitrogens with one attached hydrogen (secondary N) is 2. The van der Waals surface area contributed by atoms with Crippen LogP contribution in [0, 0.1) is 0 Å². The molecule has 0 radical (unpaired) electrons. The molecule has 0 aliphatic carbocycles. The molecule has 6 nitrogen and oxygen atoms in total. The molecule has 0 fully saturated rings. The van der Waals surface area contributed by atoms with E-state index in [0.29, 0.717) is 11.4 Å². The van der Waals surface area contributed by atoms with Crippen LogP contribution >= 0.6 is 11.6 Å².